The second kappa shape index (κ2) is 9.49. The molecule has 0 fully saturated rings. The van der Waals surface area contributed by atoms with E-state index < -0.39 is 0 Å². The Kier molecular flexibility index (Phi) is 6.34. The zero-order valence-corrected chi connectivity index (χ0v) is 17.6. The predicted octanol–water partition coefficient (Wildman–Crippen LogP) is 4.34. The van der Waals surface area contributed by atoms with E-state index in [0.717, 1.165) is 48.3 Å². The smallest absolute Gasteiger partial charge is 0.175 e. The molecule has 30 heavy (non-hydrogen) atoms. The molecule has 0 saturated carbocycles. The SMILES string of the molecule is CCCCc1ncc(/C=C(/Cc2cccs2)c2nnn[nH]2)n1Cc1ccccc1O. The Morgan fingerprint density at radius 2 is 2.13 bits per heavy atom. The van der Waals surface area contributed by atoms with E-state index in [1.165, 1.54) is 4.88 Å². The number of nitrogens with zero attached hydrogens (tertiary/aromatic N) is 5. The van der Waals surface area contributed by atoms with Gasteiger partial charge in [0.1, 0.15) is 11.6 Å². The maximum atomic E-state index is 10.3. The summed E-state index contributed by atoms with van der Waals surface area (Å²) < 4.78 is 2.17. The highest BCUT2D eigenvalue weighted by molar-refractivity contribution is 7.10. The summed E-state index contributed by atoms with van der Waals surface area (Å²) >= 11 is 1.71. The number of benzene rings is 1. The van der Waals surface area contributed by atoms with Crippen LogP contribution in [0.5, 0.6) is 5.75 Å². The van der Waals surface area contributed by atoms with Crippen molar-refractivity contribution in [2.45, 2.75) is 39.2 Å². The molecule has 0 bridgehead atoms. The van der Waals surface area contributed by atoms with E-state index in [1.807, 2.05) is 30.5 Å². The van der Waals surface area contributed by atoms with Crippen LogP contribution in [0, 0.1) is 0 Å². The van der Waals surface area contributed by atoms with Gasteiger partial charge in [-0.3, -0.25) is 0 Å². The molecule has 154 valence electrons. The third kappa shape index (κ3) is 4.65. The molecule has 0 spiro atoms. The lowest BCUT2D eigenvalue weighted by Gasteiger charge is -2.12. The number of H-pyrrole nitrogens is 1. The summed E-state index contributed by atoms with van der Waals surface area (Å²) in [5, 5.41) is 26.9. The van der Waals surface area contributed by atoms with E-state index in [4.69, 9.17) is 0 Å². The minimum Gasteiger partial charge on any atom is -0.508 e. The molecule has 8 heteroatoms. The molecule has 4 rings (SSSR count). The molecular formula is C22H24N6OS. The van der Waals surface area contributed by atoms with Gasteiger partial charge < -0.3 is 9.67 Å². The number of aryl methyl sites for hydroxylation is 1. The number of nitrogens with one attached hydrogen (secondary N) is 1. The third-order valence-electron chi connectivity index (χ3n) is 4.96. The fourth-order valence-corrected chi connectivity index (χ4v) is 4.08. The Morgan fingerprint density at radius 1 is 1.23 bits per heavy atom. The Labute approximate surface area is 179 Å². The van der Waals surface area contributed by atoms with E-state index >= 15 is 0 Å². The number of rotatable bonds is 9. The number of aromatic nitrogens is 6. The number of unbranched alkanes of at least 4 members (excludes halogenated alkanes) is 1. The number of aromatic hydroxyl groups is 1. The lowest BCUT2D eigenvalue weighted by molar-refractivity contribution is 0.465. The quantitative estimate of drug-likeness (QED) is 0.420. The molecular weight excluding hydrogens is 396 g/mol. The second-order valence-electron chi connectivity index (χ2n) is 7.09. The number of aromatic amines is 1. The highest BCUT2D eigenvalue weighted by Gasteiger charge is 2.14. The fraction of sp³-hybridized carbons (Fsp3) is 0.273. The number of allylic oxidation sites excluding steroid dienone is 1. The number of hydrogen-bond acceptors (Lipinski definition) is 6. The van der Waals surface area contributed by atoms with E-state index in [2.05, 4.69) is 54.6 Å². The van der Waals surface area contributed by atoms with Crippen LogP contribution >= 0.6 is 11.3 Å². The van der Waals surface area contributed by atoms with Crippen molar-refractivity contribution >= 4 is 23.0 Å². The molecule has 0 unspecified atom stereocenters. The lowest BCUT2D eigenvalue weighted by atomic mass is 10.1. The van der Waals surface area contributed by atoms with E-state index in [-0.39, 0.29) is 0 Å². The first-order valence-electron chi connectivity index (χ1n) is 10.0. The number of tetrazole rings is 1. The molecule has 0 radical (unpaired) electrons. The molecule has 1 aromatic carbocycles. The van der Waals surface area contributed by atoms with E-state index in [1.54, 1.807) is 17.4 Å². The van der Waals surface area contributed by atoms with Gasteiger partial charge >= 0.3 is 0 Å². The number of phenolic OH excluding ortho intramolecular Hbond substituents is 1. The summed E-state index contributed by atoms with van der Waals surface area (Å²) in [6.45, 7) is 2.73. The van der Waals surface area contributed by atoms with Gasteiger partial charge in [-0.05, 0) is 40.4 Å². The summed E-state index contributed by atoms with van der Waals surface area (Å²) in [7, 11) is 0. The molecule has 2 N–H and O–H groups in total. The number of para-hydroxylation sites is 1. The molecule has 0 amide bonds. The van der Waals surface area contributed by atoms with Crippen LogP contribution in [0.2, 0.25) is 0 Å². The van der Waals surface area contributed by atoms with Crippen LogP contribution < -0.4 is 0 Å². The molecule has 0 atom stereocenters. The predicted molar refractivity (Wildman–Crippen MR) is 118 cm³/mol. The summed E-state index contributed by atoms with van der Waals surface area (Å²) in [4.78, 5) is 5.92. The van der Waals surface area contributed by atoms with Crippen molar-refractivity contribution in [3.8, 4) is 5.75 Å². The molecule has 3 aromatic heterocycles. The Morgan fingerprint density at radius 3 is 2.87 bits per heavy atom. The van der Waals surface area contributed by atoms with Crippen molar-refractivity contribution in [3.05, 3.63) is 75.8 Å². The van der Waals surface area contributed by atoms with Gasteiger partial charge in [0.05, 0.1) is 18.4 Å². The van der Waals surface area contributed by atoms with E-state index in [0.29, 0.717) is 18.1 Å². The average Bonchev–Trinajstić information content (AvgIpc) is 3.51. The number of imidazole rings is 1. The van der Waals surface area contributed by atoms with Crippen molar-refractivity contribution in [2.24, 2.45) is 0 Å². The van der Waals surface area contributed by atoms with Gasteiger partial charge in [-0.25, -0.2) is 10.1 Å². The summed E-state index contributed by atoms with van der Waals surface area (Å²) in [5.41, 5.74) is 2.82. The minimum absolute atomic E-state index is 0.292. The molecule has 0 aliphatic carbocycles. The van der Waals surface area contributed by atoms with Gasteiger partial charge in [0, 0.05) is 28.9 Å². The fourth-order valence-electron chi connectivity index (χ4n) is 3.35. The van der Waals surface area contributed by atoms with Crippen LogP contribution in [-0.2, 0) is 19.4 Å². The van der Waals surface area contributed by atoms with Gasteiger partial charge in [0.25, 0.3) is 0 Å². The van der Waals surface area contributed by atoms with Crippen LogP contribution in [0.4, 0.5) is 0 Å². The van der Waals surface area contributed by atoms with Crippen molar-refractivity contribution in [3.63, 3.8) is 0 Å². The van der Waals surface area contributed by atoms with Gasteiger partial charge in [0.15, 0.2) is 5.82 Å². The normalized spacial score (nSPS) is 11.8. The van der Waals surface area contributed by atoms with Gasteiger partial charge in [-0.2, -0.15) is 0 Å². The van der Waals surface area contributed by atoms with Crippen molar-refractivity contribution in [1.82, 2.24) is 30.2 Å². The van der Waals surface area contributed by atoms with Crippen molar-refractivity contribution in [1.29, 1.82) is 0 Å². The molecule has 3 heterocycles. The second-order valence-corrected chi connectivity index (χ2v) is 8.13. The maximum absolute atomic E-state index is 10.3. The highest BCUT2D eigenvalue weighted by atomic mass is 32.1. The van der Waals surface area contributed by atoms with Gasteiger partial charge in [-0.1, -0.05) is 37.6 Å². The zero-order chi connectivity index (χ0) is 20.8. The van der Waals surface area contributed by atoms with Crippen LogP contribution in [-0.4, -0.2) is 35.3 Å². The standard InChI is InChI=1S/C22H24N6OS/c1-2-3-10-21-23-14-18(28(21)15-16-7-4-5-9-20(16)29)12-17(22-24-26-27-25-22)13-19-8-6-11-30-19/h4-9,11-12,14,29H,2-3,10,13,15H2,1H3,(H,24,25,26,27)/b17-12-. The zero-order valence-electron chi connectivity index (χ0n) is 16.8. The monoisotopic (exact) mass is 420 g/mol. The first kappa shape index (κ1) is 20.0. The van der Waals surface area contributed by atoms with Gasteiger partial charge in [-0.15, -0.1) is 16.4 Å². The summed E-state index contributed by atoms with van der Waals surface area (Å²) in [5.74, 6) is 1.95. The van der Waals surface area contributed by atoms with Crippen LogP contribution in [0.15, 0.2) is 48.0 Å². The van der Waals surface area contributed by atoms with Crippen LogP contribution in [0.3, 0.4) is 0 Å². The number of phenols is 1. The highest BCUT2D eigenvalue weighted by Crippen LogP contribution is 2.25. The summed E-state index contributed by atoms with van der Waals surface area (Å²) in [6, 6.07) is 11.6. The molecule has 0 saturated heterocycles. The van der Waals surface area contributed by atoms with Gasteiger partial charge in [0.2, 0.25) is 0 Å². The number of thiophene rings is 1. The molecule has 0 aliphatic heterocycles. The van der Waals surface area contributed by atoms with Crippen LogP contribution in [0.25, 0.3) is 11.6 Å². The van der Waals surface area contributed by atoms with Crippen LogP contribution in [0.1, 0.15) is 47.5 Å². The number of hydrogen-bond donors (Lipinski definition) is 2. The Balaban J connectivity index is 1.74. The molecule has 7 nitrogen and oxygen atoms in total. The molecule has 0 aliphatic rings. The Bertz CT molecular complexity index is 1100. The minimum atomic E-state index is 0.292. The molecule has 4 aromatic rings. The van der Waals surface area contributed by atoms with E-state index in [9.17, 15) is 5.11 Å². The maximum Gasteiger partial charge on any atom is 0.175 e. The third-order valence-corrected chi connectivity index (χ3v) is 5.84. The average molecular weight is 421 g/mol. The van der Waals surface area contributed by atoms with Crippen molar-refractivity contribution in [2.75, 3.05) is 0 Å². The first-order valence-corrected chi connectivity index (χ1v) is 10.9. The lowest BCUT2D eigenvalue weighted by Crippen LogP contribution is -2.08. The topological polar surface area (TPSA) is 92.5 Å². The Hall–Kier alpha value is -3.26. The van der Waals surface area contributed by atoms with Crippen molar-refractivity contribution < 1.29 is 5.11 Å². The largest absolute Gasteiger partial charge is 0.508 e. The summed E-state index contributed by atoms with van der Waals surface area (Å²) in [6.07, 6.45) is 7.76. The first-order chi connectivity index (χ1) is 14.7.